The van der Waals surface area contributed by atoms with Crippen LogP contribution < -0.4 is 10.6 Å². The summed E-state index contributed by atoms with van der Waals surface area (Å²) in [7, 11) is 0. The van der Waals surface area contributed by atoms with Crippen molar-refractivity contribution < 1.29 is 18.0 Å². The fourth-order valence-electron chi connectivity index (χ4n) is 3.37. The van der Waals surface area contributed by atoms with E-state index in [0.29, 0.717) is 16.8 Å². The van der Waals surface area contributed by atoms with E-state index in [4.69, 9.17) is 0 Å². The number of aromatic nitrogens is 2. The van der Waals surface area contributed by atoms with E-state index in [1.54, 1.807) is 18.3 Å². The fraction of sp³-hybridized carbons (Fsp3) is 0.238. The number of anilines is 1. The summed E-state index contributed by atoms with van der Waals surface area (Å²) in [6, 6.07) is 10.8. The van der Waals surface area contributed by atoms with Crippen LogP contribution in [0.1, 0.15) is 32.6 Å². The topological polar surface area (TPSA) is 59.0 Å². The predicted molar refractivity (Wildman–Crippen MR) is 103 cm³/mol. The van der Waals surface area contributed by atoms with Crippen LogP contribution in [-0.4, -0.2) is 22.2 Å². The largest absolute Gasteiger partial charge is 0.416 e. The van der Waals surface area contributed by atoms with Crippen molar-refractivity contribution in [3.8, 4) is 0 Å². The molecule has 0 bridgehead atoms. The molecule has 4 rings (SSSR count). The third-order valence-corrected chi connectivity index (χ3v) is 4.85. The third kappa shape index (κ3) is 4.48. The van der Waals surface area contributed by atoms with Gasteiger partial charge in [-0.15, -0.1) is 0 Å². The molecule has 2 heterocycles. The summed E-state index contributed by atoms with van der Waals surface area (Å²) >= 11 is 0. The molecule has 0 radical (unpaired) electrons. The lowest BCUT2D eigenvalue weighted by molar-refractivity contribution is -0.137. The molecule has 0 atom stereocenters. The lowest BCUT2D eigenvalue weighted by Gasteiger charge is -2.17. The number of carbonyl (C=O) groups is 1. The maximum atomic E-state index is 12.8. The van der Waals surface area contributed by atoms with E-state index in [0.717, 1.165) is 37.2 Å². The van der Waals surface area contributed by atoms with Gasteiger partial charge in [-0.05, 0) is 53.9 Å². The van der Waals surface area contributed by atoms with Crippen molar-refractivity contribution in [2.75, 3.05) is 11.9 Å². The number of benzene rings is 2. The standard InChI is InChI=1S/C21H19F3N4O/c22-21(23,24)18-3-1-2-14(8-18)12-28-13-19(11-26-28)27-20(29)16-4-5-17-10-25-7-6-15(17)9-16/h1-5,8-9,11,13,25H,6-7,10,12H2,(H,27,29). The van der Waals surface area contributed by atoms with E-state index in [2.05, 4.69) is 15.7 Å². The normalized spacial score (nSPS) is 13.8. The van der Waals surface area contributed by atoms with Gasteiger partial charge in [-0.25, -0.2) is 0 Å². The molecular weight excluding hydrogens is 381 g/mol. The van der Waals surface area contributed by atoms with Gasteiger partial charge in [0, 0.05) is 18.3 Å². The minimum atomic E-state index is -4.38. The Bertz CT molecular complexity index is 1040. The van der Waals surface area contributed by atoms with E-state index in [1.165, 1.54) is 22.5 Å². The quantitative estimate of drug-likeness (QED) is 0.700. The van der Waals surface area contributed by atoms with Crippen LogP contribution in [0.3, 0.4) is 0 Å². The lowest BCUT2D eigenvalue weighted by atomic mass is 9.98. The van der Waals surface area contributed by atoms with Crippen LogP contribution in [0.15, 0.2) is 54.9 Å². The first-order chi connectivity index (χ1) is 13.9. The van der Waals surface area contributed by atoms with E-state index in [1.807, 2.05) is 12.1 Å². The highest BCUT2D eigenvalue weighted by Gasteiger charge is 2.30. The molecule has 0 spiro atoms. The zero-order valence-corrected chi connectivity index (χ0v) is 15.5. The molecule has 8 heteroatoms. The number of hydrogen-bond donors (Lipinski definition) is 2. The maximum absolute atomic E-state index is 12.8. The molecule has 1 aliphatic heterocycles. The number of nitrogens with zero attached hydrogens (tertiary/aromatic N) is 2. The third-order valence-electron chi connectivity index (χ3n) is 4.85. The molecular formula is C21H19F3N4O. The Hall–Kier alpha value is -3.13. The number of rotatable bonds is 4. The van der Waals surface area contributed by atoms with Crippen molar-refractivity contribution in [1.82, 2.24) is 15.1 Å². The number of hydrogen-bond acceptors (Lipinski definition) is 3. The monoisotopic (exact) mass is 400 g/mol. The Morgan fingerprint density at radius 1 is 1.17 bits per heavy atom. The van der Waals surface area contributed by atoms with Crippen LogP contribution in [0.5, 0.6) is 0 Å². The molecule has 0 aliphatic carbocycles. The van der Waals surface area contributed by atoms with Crippen LogP contribution in [0.25, 0.3) is 0 Å². The van der Waals surface area contributed by atoms with E-state index >= 15 is 0 Å². The van der Waals surface area contributed by atoms with Crippen LogP contribution >= 0.6 is 0 Å². The van der Waals surface area contributed by atoms with Crippen LogP contribution in [0.4, 0.5) is 18.9 Å². The van der Waals surface area contributed by atoms with Gasteiger partial charge < -0.3 is 10.6 Å². The van der Waals surface area contributed by atoms with E-state index in [-0.39, 0.29) is 12.5 Å². The molecule has 5 nitrogen and oxygen atoms in total. The van der Waals surface area contributed by atoms with Crippen LogP contribution in [0.2, 0.25) is 0 Å². The minimum absolute atomic E-state index is 0.172. The second-order valence-corrected chi connectivity index (χ2v) is 6.99. The van der Waals surface area contributed by atoms with Gasteiger partial charge >= 0.3 is 6.18 Å². The van der Waals surface area contributed by atoms with Gasteiger partial charge in [0.25, 0.3) is 5.91 Å². The summed E-state index contributed by atoms with van der Waals surface area (Å²) in [5.74, 6) is -0.245. The molecule has 1 aliphatic rings. The highest BCUT2D eigenvalue weighted by Crippen LogP contribution is 2.29. The Kier molecular flexibility index (Phi) is 5.10. The first-order valence-corrected chi connectivity index (χ1v) is 9.21. The molecule has 2 aromatic carbocycles. The molecule has 0 unspecified atom stereocenters. The average Bonchev–Trinajstić information content (AvgIpc) is 3.13. The molecule has 2 N–H and O–H groups in total. The summed E-state index contributed by atoms with van der Waals surface area (Å²) in [6.07, 6.45) is -0.427. The smallest absolute Gasteiger partial charge is 0.319 e. The van der Waals surface area contributed by atoms with Crippen molar-refractivity contribution in [1.29, 1.82) is 0 Å². The van der Waals surface area contributed by atoms with Crippen molar-refractivity contribution >= 4 is 11.6 Å². The van der Waals surface area contributed by atoms with Gasteiger partial charge in [-0.2, -0.15) is 18.3 Å². The van der Waals surface area contributed by atoms with Gasteiger partial charge in [-0.3, -0.25) is 9.48 Å². The molecule has 1 aromatic heterocycles. The summed E-state index contributed by atoms with van der Waals surface area (Å²) in [5, 5.41) is 10.2. The number of alkyl halides is 3. The lowest BCUT2D eigenvalue weighted by Crippen LogP contribution is -2.24. The summed E-state index contributed by atoms with van der Waals surface area (Å²) in [4.78, 5) is 12.5. The van der Waals surface area contributed by atoms with Crippen molar-refractivity contribution in [3.63, 3.8) is 0 Å². The first-order valence-electron chi connectivity index (χ1n) is 9.21. The van der Waals surface area contributed by atoms with Gasteiger partial charge in [-0.1, -0.05) is 18.2 Å². The van der Waals surface area contributed by atoms with Crippen LogP contribution in [-0.2, 0) is 25.7 Å². The summed E-state index contributed by atoms with van der Waals surface area (Å²) in [6.45, 7) is 1.87. The summed E-state index contributed by atoms with van der Waals surface area (Å²) in [5.41, 5.74) is 3.19. The zero-order chi connectivity index (χ0) is 20.4. The Labute approximate surface area is 165 Å². The van der Waals surface area contributed by atoms with E-state index < -0.39 is 11.7 Å². The van der Waals surface area contributed by atoms with E-state index in [9.17, 15) is 18.0 Å². The molecule has 150 valence electrons. The highest BCUT2D eigenvalue weighted by atomic mass is 19.4. The van der Waals surface area contributed by atoms with Crippen molar-refractivity contribution in [2.45, 2.75) is 25.7 Å². The molecule has 3 aromatic rings. The number of nitrogens with one attached hydrogen (secondary N) is 2. The van der Waals surface area contributed by atoms with Gasteiger partial charge in [0.05, 0.1) is 24.0 Å². The fourth-order valence-corrected chi connectivity index (χ4v) is 3.37. The second-order valence-electron chi connectivity index (χ2n) is 6.99. The summed E-state index contributed by atoms with van der Waals surface area (Å²) < 4.78 is 40.0. The van der Waals surface area contributed by atoms with Gasteiger partial charge in [0.1, 0.15) is 0 Å². The Morgan fingerprint density at radius 3 is 2.86 bits per heavy atom. The highest BCUT2D eigenvalue weighted by molar-refractivity contribution is 6.04. The SMILES string of the molecule is O=C(Nc1cnn(Cc2cccc(C(F)(F)F)c2)c1)c1ccc2c(c1)CCNC2. The predicted octanol–water partition coefficient (Wildman–Crippen LogP) is 3.85. The number of halogens is 3. The number of carbonyl (C=O) groups excluding carboxylic acids is 1. The Morgan fingerprint density at radius 2 is 2.03 bits per heavy atom. The van der Waals surface area contributed by atoms with Crippen molar-refractivity contribution in [3.05, 3.63) is 82.7 Å². The van der Waals surface area contributed by atoms with Crippen LogP contribution in [0, 0.1) is 0 Å². The average molecular weight is 400 g/mol. The Balaban J connectivity index is 1.44. The number of amides is 1. The maximum Gasteiger partial charge on any atom is 0.416 e. The first kappa shape index (κ1) is 19.2. The van der Waals surface area contributed by atoms with Gasteiger partial charge in [0.15, 0.2) is 0 Å². The molecule has 29 heavy (non-hydrogen) atoms. The van der Waals surface area contributed by atoms with Gasteiger partial charge in [0.2, 0.25) is 0 Å². The molecule has 0 fully saturated rings. The minimum Gasteiger partial charge on any atom is -0.319 e. The molecule has 1 amide bonds. The van der Waals surface area contributed by atoms with Crippen molar-refractivity contribution in [2.24, 2.45) is 0 Å². The second kappa shape index (κ2) is 7.71. The number of fused-ring (bicyclic) bond motifs is 1. The molecule has 0 saturated carbocycles. The molecule has 0 saturated heterocycles. The zero-order valence-electron chi connectivity index (χ0n) is 15.5.